The SMILES string of the molecule is O=C1CN(c2ccc(NC(=O)c3ccc(-c4ccc(F)cc4)cc3F)cn2)CCN1. The Bertz CT molecular complexity index is 1090. The molecular weight excluding hydrogens is 390 g/mol. The largest absolute Gasteiger partial charge is 0.353 e. The number of rotatable bonds is 4. The van der Waals surface area contributed by atoms with Crippen molar-refractivity contribution in [2.24, 2.45) is 0 Å². The lowest BCUT2D eigenvalue weighted by Crippen LogP contribution is -2.48. The second kappa shape index (κ2) is 8.28. The van der Waals surface area contributed by atoms with Gasteiger partial charge in [-0.2, -0.15) is 0 Å². The molecule has 6 nitrogen and oxygen atoms in total. The molecule has 2 aromatic carbocycles. The van der Waals surface area contributed by atoms with E-state index in [-0.39, 0.29) is 23.8 Å². The maximum atomic E-state index is 14.5. The van der Waals surface area contributed by atoms with Crippen LogP contribution in [-0.4, -0.2) is 36.4 Å². The Morgan fingerprint density at radius 2 is 1.80 bits per heavy atom. The molecule has 1 saturated heterocycles. The normalized spacial score (nSPS) is 13.7. The first kappa shape index (κ1) is 19.5. The van der Waals surface area contributed by atoms with E-state index in [0.717, 1.165) is 0 Å². The molecule has 8 heteroatoms. The van der Waals surface area contributed by atoms with Crippen LogP contribution in [0.4, 0.5) is 20.3 Å². The molecule has 30 heavy (non-hydrogen) atoms. The monoisotopic (exact) mass is 408 g/mol. The summed E-state index contributed by atoms with van der Waals surface area (Å²) in [7, 11) is 0. The van der Waals surface area contributed by atoms with Crippen LogP contribution in [0.2, 0.25) is 0 Å². The summed E-state index contributed by atoms with van der Waals surface area (Å²) in [6, 6.07) is 13.3. The van der Waals surface area contributed by atoms with Gasteiger partial charge in [0.15, 0.2) is 0 Å². The number of piperazine rings is 1. The molecule has 0 bridgehead atoms. The quantitative estimate of drug-likeness (QED) is 0.695. The molecule has 3 aromatic rings. The minimum Gasteiger partial charge on any atom is -0.353 e. The van der Waals surface area contributed by atoms with Crippen LogP contribution in [0.15, 0.2) is 60.8 Å². The van der Waals surface area contributed by atoms with Gasteiger partial charge in [0.25, 0.3) is 5.91 Å². The zero-order chi connectivity index (χ0) is 21.1. The Morgan fingerprint density at radius 1 is 1.03 bits per heavy atom. The summed E-state index contributed by atoms with van der Waals surface area (Å²) in [6.45, 7) is 1.42. The summed E-state index contributed by atoms with van der Waals surface area (Å²) in [5.41, 5.74) is 1.49. The first-order chi connectivity index (χ1) is 14.5. The van der Waals surface area contributed by atoms with Gasteiger partial charge in [-0.1, -0.05) is 18.2 Å². The number of anilines is 2. The Balaban J connectivity index is 1.45. The van der Waals surface area contributed by atoms with E-state index in [1.807, 2.05) is 4.90 Å². The molecule has 1 aliphatic rings. The summed E-state index contributed by atoms with van der Waals surface area (Å²) in [5.74, 6) is -1.11. The molecule has 1 aliphatic heterocycles. The van der Waals surface area contributed by atoms with Gasteiger partial charge in [-0.15, -0.1) is 0 Å². The third-order valence-corrected chi connectivity index (χ3v) is 4.76. The van der Waals surface area contributed by atoms with E-state index in [4.69, 9.17) is 0 Å². The second-order valence-electron chi connectivity index (χ2n) is 6.83. The van der Waals surface area contributed by atoms with Crippen molar-refractivity contribution in [3.8, 4) is 11.1 Å². The average Bonchev–Trinajstić information content (AvgIpc) is 2.74. The van der Waals surface area contributed by atoms with Gasteiger partial charge in [-0.25, -0.2) is 13.8 Å². The highest BCUT2D eigenvalue weighted by Gasteiger charge is 2.18. The van der Waals surface area contributed by atoms with Gasteiger partial charge < -0.3 is 15.5 Å². The number of pyridine rings is 1. The Labute approximate surface area is 171 Å². The van der Waals surface area contributed by atoms with Gasteiger partial charge in [0.2, 0.25) is 5.91 Å². The van der Waals surface area contributed by atoms with Crippen LogP contribution in [0.3, 0.4) is 0 Å². The van der Waals surface area contributed by atoms with E-state index in [9.17, 15) is 18.4 Å². The molecule has 2 N–H and O–H groups in total. The van der Waals surface area contributed by atoms with Gasteiger partial charge >= 0.3 is 0 Å². The van der Waals surface area contributed by atoms with Crippen LogP contribution >= 0.6 is 0 Å². The fourth-order valence-electron chi connectivity index (χ4n) is 3.20. The van der Waals surface area contributed by atoms with E-state index < -0.39 is 11.7 Å². The third-order valence-electron chi connectivity index (χ3n) is 4.76. The highest BCUT2D eigenvalue weighted by Crippen LogP contribution is 2.23. The molecule has 152 valence electrons. The number of benzene rings is 2. The highest BCUT2D eigenvalue weighted by molar-refractivity contribution is 6.04. The van der Waals surface area contributed by atoms with E-state index >= 15 is 0 Å². The average molecular weight is 408 g/mol. The fraction of sp³-hybridized carbons (Fsp3) is 0.136. The lowest BCUT2D eigenvalue weighted by molar-refractivity contribution is -0.120. The van der Waals surface area contributed by atoms with Crippen molar-refractivity contribution >= 4 is 23.3 Å². The number of hydrogen-bond donors (Lipinski definition) is 2. The molecule has 2 heterocycles. The van der Waals surface area contributed by atoms with E-state index in [0.29, 0.717) is 35.7 Å². The lowest BCUT2D eigenvalue weighted by Gasteiger charge is -2.27. The van der Waals surface area contributed by atoms with Gasteiger partial charge in [-0.05, 0) is 47.5 Å². The summed E-state index contributed by atoms with van der Waals surface area (Å²) >= 11 is 0. The summed E-state index contributed by atoms with van der Waals surface area (Å²) < 4.78 is 27.6. The van der Waals surface area contributed by atoms with Crippen molar-refractivity contribution < 1.29 is 18.4 Å². The number of nitrogens with zero attached hydrogens (tertiary/aromatic N) is 2. The molecule has 4 rings (SSSR count). The molecule has 0 aliphatic carbocycles. The molecule has 2 amide bonds. The molecule has 0 radical (unpaired) electrons. The predicted octanol–water partition coefficient (Wildman–Crippen LogP) is 3.22. The molecule has 1 aromatic heterocycles. The maximum absolute atomic E-state index is 14.5. The summed E-state index contributed by atoms with van der Waals surface area (Å²) in [6.07, 6.45) is 1.46. The van der Waals surface area contributed by atoms with Crippen molar-refractivity contribution in [1.82, 2.24) is 10.3 Å². The fourth-order valence-corrected chi connectivity index (χ4v) is 3.20. The first-order valence-electron chi connectivity index (χ1n) is 9.34. The maximum Gasteiger partial charge on any atom is 0.258 e. The zero-order valence-electron chi connectivity index (χ0n) is 15.9. The van der Waals surface area contributed by atoms with Crippen molar-refractivity contribution in [1.29, 1.82) is 0 Å². The Morgan fingerprint density at radius 3 is 2.47 bits per heavy atom. The van der Waals surface area contributed by atoms with Crippen molar-refractivity contribution in [3.05, 3.63) is 78.0 Å². The standard InChI is InChI=1S/C22H18F2N4O2/c23-16-4-1-14(2-5-16)15-3-7-18(19(24)11-15)22(30)27-17-6-8-20(26-12-17)28-10-9-25-21(29)13-28/h1-8,11-12H,9-10,13H2,(H,25,29)(H,27,30). The van der Waals surface area contributed by atoms with Crippen molar-refractivity contribution in [3.63, 3.8) is 0 Å². The molecule has 1 fully saturated rings. The minimum absolute atomic E-state index is 0.0695. The number of carbonyl (C=O) groups excluding carboxylic acids is 2. The van der Waals surface area contributed by atoms with Crippen LogP contribution in [0.5, 0.6) is 0 Å². The number of aromatic nitrogens is 1. The number of nitrogens with one attached hydrogen (secondary N) is 2. The smallest absolute Gasteiger partial charge is 0.258 e. The van der Waals surface area contributed by atoms with Gasteiger partial charge in [0.05, 0.1) is 24.0 Å². The minimum atomic E-state index is -0.682. The molecule has 0 saturated carbocycles. The van der Waals surface area contributed by atoms with Gasteiger partial charge in [0, 0.05) is 13.1 Å². The zero-order valence-corrected chi connectivity index (χ0v) is 15.9. The lowest BCUT2D eigenvalue weighted by atomic mass is 10.0. The molecule has 0 spiro atoms. The van der Waals surface area contributed by atoms with Gasteiger partial charge in [-0.3, -0.25) is 9.59 Å². The molecule has 0 unspecified atom stereocenters. The van der Waals surface area contributed by atoms with Crippen LogP contribution in [0.25, 0.3) is 11.1 Å². The topological polar surface area (TPSA) is 74.3 Å². The predicted molar refractivity (Wildman–Crippen MR) is 109 cm³/mol. The second-order valence-corrected chi connectivity index (χ2v) is 6.83. The first-order valence-corrected chi connectivity index (χ1v) is 9.34. The Kier molecular flexibility index (Phi) is 5.38. The number of amides is 2. The number of carbonyl (C=O) groups is 2. The molecular formula is C22H18F2N4O2. The van der Waals surface area contributed by atoms with Crippen LogP contribution in [0.1, 0.15) is 10.4 Å². The van der Waals surface area contributed by atoms with E-state index in [1.54, 1.807) is 30.3 Å². The van der Waals surface area contributed by atoms with Crippen LogP contribution in [0, 0.1) is 11.6 Å². The Hall–Kier alpha value is -3.81. The summed E-state index contributed by atoms with van der Waals surface area (Å²) in [4.78, 5) is 30.1. The number of hydrogen-bond acceptors (Lipinski definition) is 4. The molecule has 0 atom stereocenters. The van der Waals surface area contributed by atoms with Crippen LogP contribution < -0.4 is 15.5 Å². The van der Waals surface area contributed by atoms with Crippen LogP contribution in [-0.2, 0) is 4.79 Å². The van der Waals surface area contributed by atoms with E-state index in [1.165, 1.54) is 30.5 Å². The highest BCUT2D eigenvalue weighted by atomic mass is 19.1. The van der Waals surface area contributed by atoms with Crippen molar-refractivity contribution in [2.45, 2.75) is 0 Å². The van der Waals surface area contributed by atoms with Crippen molar-refractivity contribution in [2.75, 3.05) is 29.9 Å². The number of halogens is 2. The summed E-state index contributed by atoms with van der Waals surface area (Å²) in [5, 5.41) is 5.36. The van der Waals surface area contributed by atoms with Gasteiger partial charge in [0.1, 0.15) is 17.5 Å². The van der Waals surface area contributed by atoms with E-state index in [2.05, 4.69) is 15.6 Å². The third kappa shape index (κ3) is 4.27.